The molecule has 3 aromatic rings. The van der Waals surface area contributed by atoms with Crippen LogP contribution in [0.25, 0.3) is 5.70 Å². The summed E-state index contributed by atoms with van der Waals surface area (Å²) < 4.78 is 42.1. The molecule has 0 aliphatic carbocycles. The van der Waals surface area contributed by atoms with Gasteiger partial charge in [-0.2, -0.15) is 13.2 Å². The zero-order valence-electron chi connectivity index (χ0n) is 18.1. The fourth-order valence-corrected chi connectivity index (χ4v) is 4.25. The summed E-state index contributed by atoms with van der Waals surface area (Å²) in [6.45, 7) is 1.49. The van der Waals surface area contributed by atoms with Crippen molar-refractivity contribution in [2.45, 2.75) is 19.0 Å². The van der Waals surface area contributed by atoms with E-state index in [-0.39, 0.29) is 33.7 Å². The van der Waals surface area contributed by atoms with E-state index in [0.717, 1.165) is 6.07 Å². The van der Waals surface area contributed by atoms with Crippen LogP contribution in [0.3, 0.4) is 0 Å². The van der Waals surface area contributed by atoms with Crippen LogP contribution in [0.4, 0.5) is 13.2 Å². The molecule has 0 aromatic heterocycles. The summed E-state index contributed by atoms with van der Waals surface area (Å²) in [7, 11) is 0. The van der Waals surface area contributed by atoms with E-state index in [2.05, 4.69) is 5.32 Å². The van der Waals surface area contributed by atoms with Gasteiger partial charge in [0.25, 0.3) is 0 Å². The van der Waals surface area contributed by atoms with Gasteiger partial charge in [-0.15, -0.1) is 0 Å². The second kappa shape index (κ2) is 9.02. The Morgan fingerprint density at radius 1 is 0.824 bits per heavy atom. The predicted molar refractivity (Wildman–Crippen MR) is 122 cm³/mol. The van der Waals surface area contributed by atoms with Crippen molar-refractivity contribution in [2.24, 2.45) is 0 Å². The lowest BCUT2D eigenvalue weighted by atomic mass is 9.75. The molecule has 1 aliphatic rings. The molecule has 0 spiro atoms. The highest BCUT2D eigenvalue weighted by molar-refractivity contribution is 6.16. The first-order valence-electron chi connectivity index (χ1n) is 10.5. The van der Waals surface area contributed by atoms with Crippen molar-refractivity contribution in [1.29, 1.82) is 0 Å². The van der Waals surface area contributed by atoms with Crippen molar-refractivity contribution in [3.05, 3.63) is 124 Å². The summed E-state index contributed by atoms with van der Waals surface area (Å²) in [5.74, 6) is -3.41. The standard InChI is InChI=1S/C27H20F3NO3/c1-16-21(26(33)34)22(19-14-8-9-15-20(19)27(28,29)30)23(25(32)18-12-6-3-7-13-18)24(31-16)17-10-4-2-5-11-17/h2-15,22,31H,1H3,(H,33,34). The summed E-state index contributed by atoms with van der Waals surface area (Å²) in [6, 6.07) is 21.6. The molecule has 7 heteroatoms. The molecular weight excluding hydrogens is 443 g/mol. The van der Waals surface area contributed by atoms with Gasteiger partial charge in [-0.3, -0.25) is 4.79 Å². The van der Waals surface area contributed by atoms with Crippen LogP contribution >= 0.6 is 0 Å². The first kappa shape index (κ1) is 23.0. The Kier molecular flexibility index (Phi) is 6.11. The molecule has 1 aliphatic heterocycles. The minimum Gasteiger partial charge on any atom is -0.478 e. The van der Waals surface area contributed by atoms with Crippen LogP contribution in [0.15, 0.2) is 102 Å². The zero-order valence-corrected chi connectivity index (χ0v) is 18.1. The van der Waals surface area contributed by atoms with Gasteiger partial charge >= 0.3 is 12.1 Å². The molecule has 0 radical (unpaired) electrons. The summed E-state index contributed by atoms with van der Waals surface area (Å²) in [6.07, 6.45) is -4.74. The van der Waals surface area contributed by atoms with Crippen LogP contribution in [0, 0.1) is 0 Å². The summed E-state index contributed by atoms with van der Waals surface area (Å²) in [5, 5.41) is 13.0. The molecule has 0 saturated heterocycles. The number of carboxylic acid groups (broad SMARTS) is 1. The van der Waals surface area contributed by atoms with Gasteiger partial charge < -0.3 is 10.4 Å². The molecule has 0 fully saturated rings. The second-order valence-corrected chi connectivity index (χ2v) is 7.84. The number of aliphatic carboxylic acids is 1. The van der Waals surface area contributed by atoms with E-state index in [0.29, 0.717) is 5.56 Å². The van der Waals surface area contributed by atoms with E-state index in [1.807, 2.05) is 0 Å². The Labute approximate surface area is 194 Å². The van der Waals surface area contributed by atoms with Gasteiger partial charge in [0.2, 0.25) is 0 Å². The number of hydrogen-bond donors (Lipinski definition) is 2. The van der Waals surface area contributed by atoms with Crippen LogP contribution in [0.1, 0.15) is 39.9 Å². The minimum atomic E-state index is -4.74. The number of carbonyl (C=O) groups is 2. The van der Waals surface area contributed by atoms with Gasteiger partial charge in [0.1, 0.15) is 0 Å². The van der Waals surface area contributed by atoms with Crippen LogP contribution in [0.5, 0.6) is 0 Å². The lowest BCUT2D eigenvalue weighted by Crippen LogP contribution is -2.32. The molecule has 1 atom stereocenters. The average Bonchev–Trinajstić information content (AvgIpc) is 2.83. The van der Waals surface area contributed by atoms with Crippen LogP contribution in [0.2, 0.25) is 0 Å². The van der Waals surface area contributed by atoms with Crippen molar-refractivity contribution in [1.82, 2.24) is 5.32 Å². The minimum absolute atomic E-state index is 0.0582. The number of Topliss-reactive ketones (excluding diaryl/α,β-unsaturated/α-hetero) is 1. The number of alkyl halides is 3. The summed E-state index contributed by atoms with van der Waals surface area (Å²) in [5.41, 5.74) is -0.406. The number of ketones is 1. The van der Waals surface area contributed by atoms with Crippen molar-refractivity contribution >= 4 is 17.4 Å². The smallest absolute Gasteiger partial charge is 0.416 e. The number of nitrogens with one attached hydrogen (secondary N) is 1. The molecule has 2 N–H and O–H groups in total. The SMILES string of the molecule is CC1=C(C(=O)O)C(c2ccccc2C(F)(F)F)C(C(=O)c2ccccc2)=C(c2ccccc2)N1. The van der Waals surface area contributed by atoms with Crippen molar-refractivity contribution in [3.63, 3.8) is 0 Å². The van der Waals surface area contributed by atoms with E-state index < -0.39 is 29.4 Å². The molecule has 1 heterocycles. The first-order valence-corrected chi connectivity index (χ1v) is 10.5. The van der Waals surface area contributed by atoms with Crippen molar-refractivity contribution in [2.75, 3.05) is 0 Å². The molecule has 0 saturated carbocycles. The van der Waals surface area contributed by atoms with Gasteiger partial charge in [-0.25, -0.2) is 4.79 Å². The number of dihydropyridines is 1. The largest absolute Gasteiger partial charge is 0.478 e. The number of hydrogen-bond acceptors (Lipinski definition) is 3. The average molecular weight is 463 g/mol. The van der Waals surface area contributed by atoms with E-state index >= 15 is 0 Å². The maximum Gasteiger partial charge on any atom is 0.416 e. The Balaban J connectivity index is 2.09. The predicted octanol–water partition coefficient (Wildman–Crippen LogP) is 6.05. The molecule has 0 bridgehead atoms. The molecule has 0 amide bonds. The van der Waals surface area contributed by atoms with Gasteiger partial charge in [-0.1, -0.05) is 78.9 Å². The van der Waals surface area contributed by atoms with Gasteiger partial charge in [0, 0.05) is 22.8 Å². The molecule has 34 heavy (non-hydrogen) atoms. The van der Waals surface area contributed by atoms with Gasteiger partial charge in [0.05, 0.1) is 16.8 Å². The highest BCUT2D eigenvalue weighted by Crippen LogP contribution is 2.46. The number of carboxylic acids is 1. The molecule has 3 aromatic carbocycles. The Hall–Kier alpha value is -4.13. The van der Waals surface area contributed by atoms with Crippen LogP contribution in [-0.2, 0) is 11.0 Å². The van der Waals surface area contributed by atoms with Crippen LogP contribution in [-0.4, -0.2) is 16.9 Å². The van der Waals surface area contributed by atoms with E-state index in [1.54, 1.807) is 60.7 Å². The van der Waals surface area contributed by atoms with E-state index in [4.69, 9.17) is 0 Å². The highest BCUT2D eigenvalue weighted by atomic mass is 19.4. The lowest BCUT2D eigenvalue weighted by molar-refractivity contribution is -0.139. The Morgan fingerprint density at radius 2 is 1.38 bits per heavy atom. The van der Waals surface area contributed by atoms with Crippen molar-refractivity contribution < 1.29 is 27.9 Å². The summed E-state index contributed by atoms with van der Waals surface area (Å²) in [4.78, 5) is 26.2. The molecule has 1 unspecified atom stereocenters. The monoisotopic (exact) mass is 463 g/mol. The number of carbonyl (C=O) groups excluding carboxylic acids is 1. The molecule has 4 nitrogen and oxygen atoms in total. The lowest BCUT2D eigenvalue weighted by Gasteiger charge is -2.32. The second-order valence-electron chi connectivity index (χ2n) is 7.84. The van der Waals surface area contributed by atoms with Crippen LogP contribution < -0.4 is 5.32 Å². The Bertz CT molecular complexity index is 1310. The number of rotatable bonds is 5. The highest BCUT2D eigenvalue weighted by Gasteiger charge is 2.43. The zero-order chi connectivity index (χ0) is 24.5. The maximum atomic E-state index is 14.0. The maximum absolute atomic E-state index is 14.0. The first-order chi connectivity index (χ1) is 16.2. The number of benzene rings is 3. The molecule has 4 rings (SSSR count). The topological polar surface area (TPSA) is 66.4 Å². The van der Waals surface area contributed by atoms with E-state index in [9.17, 15) is 27.9 Å². The third-order valence-corrected chi connectivity index (χ3v) is 5.71. The fraction of sp³-hybridized carbons (Fsp3) is 0.111. The van der Waals surface area contributed by atoms with Gasteiger partial charge in [0.15, 0.2) is 5.78 Å². The normalized spacial score (nSPS) is 16.3. The van der Waals surface area contributed by atoms with Crippen molar-refractivity contribution in [3.8, 4) is 0 Å². The van der Waals surface area contributed by atoms with Gasteiger partial charge in [-0.05, 0) is 24.1 Å². The number of halogens is 3. The number of allylic oxidation sites excluding steroid dienone is 2. The molecule has 172 valence electrons. The van der Waals surface area contributed by atoms with E-state index in [1.165, 1.54) is 25.1 Å². The quantitative estimate of drug-likeness (QED) is 0.453. The third-order valence-electron chi connectivity index (χ3n) is 5.71. The summed E-state index contributed by atoms with van der Waals surface area (Å²) >= 11 is 0. The fourth-order valence-electron chi connectivity index (χ4n) is 4.25. The third kappa shape index (κ3) is 4.24. The molecular formula is C27H20F3NO3. The Morgan fingerprint density at radius 3 is 1.97 bits per heavy atom.